The minimum Gasteiger partial charge on any atom is -0.494 e. The molecule has 8 nitrogen and oxygen atoms in total. The highest BCUT2D eigenvalue weighted by Gasteiger charge is 2.17. The lowest BCUT2D eigenvalue weighted by Crippen LogP contribution is -2.42. The average Bonchev–Trinajstić information content (AvgIpc) is 2.69. The van der Waals surface area contributed by atoms with Gasteiger partial charge < -0.3 is 4.74 Å². The van der Waals surface area contributed by atoms with Crippen LogP contribution in [0.1, 0.15) is 23.7 Å². The molecule has 156 valence electrons. The predicted molar refractivity (Wildman–Crippen MR) is 99.4 cm³/mol. The van der Waals surface area contributed by atoms with Crippen LogP contribution in [0.15, 0.2) is 47.4 Å². The Morgan fingerprint density at radius 3 is 2.31 bits per heavy atom. The number of carbonyl (C=O) groups is 2. The molecule has 0 aliphatic rings. The van der Waals surface area contributed by atoms with Gasteiger partial charge in [0, 0.05) is 18.5 Å². The molecule has 0 saturated heterocycles. The second-order valence-corrected chi connectivity index (χ2v) is 7.45. The highest BCUT2D eigenvalue weighted by molar-refractivity contribution is 7.89. The molecule has 0 radical (unpaired) electrons. The summed E-state index contributed by atoms with van der Waals surface area (Å²) >= 11 is 0. The highest BCUT2D eigenvalue weighted by atomic mass is 32.2. The maximum Gasteiger partial charge on any atom is 0.269 e. The van der Waals surface area contributed by atoms with Crippen LogP contribution in [0.2, 0.25) is 0 Å². The van der Waals surface area contributed by atoms with E-state index in [4.69, 9.17) is 4.74 Å². The van der Waals surface area contributed by atoms with Crippen molar-refractivity contribution in [1.82, 2.24) is 15.6 Å². The first kappa shape index (κ1) is 22.2. The SMILES string of the molecule is CCOc1ccc(C(=O)NNC(=O)CCNS(=O)(=O)c2ccc(F)c(F)c2)cc1. The van der Waals surface area contributed by atoms with E-state index in [1.165, 1.54) is 12.1 Å². The molecule has 0 saturated carbocycles. The van der Waals surface area contributed by atoms with Gasteiger partial charge in [0.1, 0.15) is 5.75 Å². The molecule has 0 spiro atoms. The smallest absolute Gasteiger partial charge is 0.269 e. The lowest BCUT2D eigenvalue weighted by atomic mass is 10.2. The lowest BCUT2D eigenvalue weighted by molar-refractivity contribution is -0.121. The van der Waals surface area contributed by atoms with Gasteiger partial charge >= 0.3 is 0 Å². The fourth-order valence-electron chi connectivity index (χ4n) is 2.16. The third-order valence-corrected chi connectivity index (χ3v) is 5.05. The van der Waals surface area contributed by atoms with Crippen LogP contribution in [0.3, 0.4) is 0 Å². The van der Waals surface area contributed by atoms with Crippen molar-refractivity contribution >= 4 is 21.8 Å². The van der Waals surface area contributed by atoms with E-state index in [-0.39, 0.29) is 18.5 Å². The third kappa shape index (κ3) is 6.50. The summed E-state index contributed by atoms with van der Waals surface area (Å²) in [4.78, 5) is 23.2. The number of nitrogens with one attached hydrogen (secondary N) is 3. The Bertz CT molecular complexity index is 981. The highest BCUT2D eigenvalue weighted by Crippen LogP contribution is 2.13. The molecule has 0 aromatic heterocycles. The Morgan fingerprint density at radius 1 is 1.00 bits per heavy atom. The fraction of sp³-hybridized carbons (Fsp3) is 0.222. The number of hydrogen-bond donors (Lipinski definition) is 3. The summed E-state index contributed by atoms with van der Waals surface area (Å²) in [6, 6.07) is 8.37. The molecule has 0 aliphatic carbocycles. The van der Waals surface area contributed by atoms with Gasteiger partial charge in [0.25, 0.3) is 5.91 Å². The summed E-state index contributed by atoms with van der Waals surface area (Å²) < 4.78 is 57.4. The monoisotopic (exact) mass is 427 g/mol. The largest absolute Gasteiger partial charge is 0.494 e. The molecular formula is C18H19F2N3O5S. The number of carbonyl (C=O) groups excluding carboxylic acids is 2. The van der Waals surface area contributed by atoms with Crippen LogP contribution >= 0.6 is 0 Å². The van der Waals surface area contributed by atoms with Crippen LogP contribution in [0.5, 0.6) is 5.75 Å². The predicted octanol–water partition coefficient (Wildman–Crippen LogP) is 1.49. The van der Waals surface area contributed by atoms with Crippen molar-refractivity contribution in [3.05, 3.63) is 59.7 Å². The Kier molecular flexibility index (Phi) is 7.62. The standard InChI is InChI=1S/C18H19F2N3O5S/c1-2-28-13-5-3-12(4-6-13)18(25)23-22-17(24)9-10-21-29(26,27)14-7-8-15(19)16(20)11-14/h3-8,11,21H,2,9-10H2,1H3,(H,22,24)(H,23,25). The number of hydrazine groups is 1. The van der Waals surface area contributed by atoms with Gasteiger partial charge in [-0.25, -0.2) is 21.9 Å². The van der Waals surface area contributed by atoms with Crippen molar-refractivity contribution in [3.8, 4) is 5.75 Å². The van der Waals surface area contributed by atoms with Crippen molar-refractivity contribution in [3.63, 3.8) is 0 Å². The topological polar surface area (TPSA) is 114 Å². The zero-order valence-electron chi connectivity index (χ0n) is 15.4. The van der Waals surface area contributed by atoms with E-state index in [0.29, 0.717) is 24.5 Å². The Balaban J connectivity index is 1.79. The van der Waals surface area contributed by atoms with E-state index in [1.807, 2.05) is 6.92 Å². The van der Waals surface area contributed by atoms with Crippen LogP contribution in [-0.2, 0) is 14.8 Å². The summed E-state index contributed by atoms with van der Waals surface area (Å²) in [6.07, 6.45) is -0.299. The second kappa shape index (κ2) is 9.94. The summed E-state index contributed by atoms with van der Waals surface area (Å²) in [5.74, 6) is -3.10. The number of benzene rings is 2. The Labute approximate surface area is 166 Å². The maximum absolute atomic E-state index is 13.2. The van der Waals surface area contributed by atoms with Gasteiger partial charge in [-0.3, -0.25) is 20.4 Å². The number of rotatable bonds is 8. The lowest BCUT2D eigenvalue weighted by Gasteiger charge is -2.09. The molecule has 0 fully saturated rings. The van der Waals surface area contributed by atoms with E-state index in [1.54, 1.807) is 12.1 Å². The van der Waals surface area contributed by atoms with Gasteiger partial charge in [-0.2, -0.15) is 0 Å². The minimum absolute atomic E-state index is 0.285. The van der Waals surface area contributed by atoms with Crippen molar-refractivity contribution in [1.29, 1.82) is 0 Å². The molecule has 0 atom stereocenters. The van der Waals surface area contributed by atoms with Crippen LogP contribution < -0.4 is 20.3 Å². The van der Waals surface area contributed by atoms with Crippen LogP contribution in [0, 0.1) is 11.6 Å². The fourth-order valence-corrected chi connectivity index (χ4v) is 3.20. The van der Waals surface area contributed by atoms with Gasteiger partial charge in [0.05, 0.1) is 11.5 Å². The van der Waals surface area contributed by atoms with Crippen molar-refractivity contribution in [2.45, 2.75) is 18.2 Å². The first-order valence-electron chi connectivity index (χ1n) is 8.49. The summed E-state index contributed by atoms with van der Waals surface area (Å²) in [6.45, 7) is 2.00. The van der Waals surface area contributed by atoms with Crippen LogP contribution in [0.4, 0.5) is 8.78 Å². The van der Waals surface area contributed by atoms with Gasteiger partial charge in [0.2, 0.25) is 15.9 Å². The third-order valence-electron chi connectivity index (χ3n) is 3.59. The molecular weight excluding hydrogens is 408 g/mol. The molecule has 0 bridgehead atoms. The normalized spacial score (nSPS) is 11.0. The number of sulfonamides is 1. The van der Waals surface area contributed by atoms with E-state index < -0.39 is 38.4 Å². The van der Waals surface area contributed by atoms with Gasteiger partial charge in [-0.05, 0) is 49.4 Å². The summed E-state index contributed by atoms with van der Waals surface area (Å²) in [7, 11) is -4.11. The average molecular weight is 427 g/mol. The zero-order chi connectivity index (χ0) is 21.4. The van der Waals surface area contributed by atoms with Gasteiger partial charge in [-0.1, -0.05) is 0 Å². The second-order valence-electron chi connectivity index (χ2n) is 5.68. The molecule has 0 unspecified atom stereocenters. The van der Waals surface area contributed by atoms with E-state index in [9.17, 15) is 26.8 Å². The number of amides is 2. The Hall–Kier alpha value is -3.05. The molecule has 29 heavy (non-hydrogen) atoms. The molecule has 3 N–H and O–H groups in total. The maximum atomic E-state index is 13.2. The summed E-state index contributed by atoms with van der Waals surface area (Å²) in [5.41, 5.74) is 4.63. The molecule has 2 aromatic carbocycles. The van der Waals surface area contributed by atoms with Crippen molar-refractivity contribution in [2.24, 2.45) is 0 Å². The van der Waals surface area contributed by atoms with Crippen molar-refractivity contribution < 1.29 is 31.5 Å². The molecule has 2 aromatic rings. The van der Waals surface area contributed by atoms with Crippen LogP contribution in [0.25, 0.3) is 0 Å². The Morgan fingerprint density at radius 2 is 1.69 bits per heavy atom. The minimum atomic E-state index is -4.11. The molecule has 0 heterocycles. The number of halogens is 2. The molecule has 11 heteroatoms. The molecule has 0 aliphatic heterocycles. The number of hydrogen-bond acceptors (Lipinski definition) is 5. The zero-order valence-corrected chi connectivity index (χ0v) is 16.2. The van der Waals surface area contributed by atoms with E-state index >= 15 is 0 Å². The van der Waals surface area contributed by atoms with Gasteiger partial charge in [0.15, 0.2) is 11.6 Å². The summed E-state index contributed by atoms with van der Waals surface area (Å²) in [5, 5.41) is 0. The quantitative estimate of drug-likeness (QED) is 0.553. The van der Waals surface area contributed by atoms with Crippen LogP contribution in [-0.4, -0.2) is 33.4 Å². The van der Waals surface area contributed by atoms with E-state index in [2.05, 4.69) is 15.6 Å². The van der Waals surface area contributed by atoms with E-state index in [0.717, 1.165) is 6.07 Å². The van der Waals surface area contributed by atoms with Gasteiger partial charge in [-0.15, -0.1) is 0 Å². The molecule has 2 amide bonds. The first-order chi connectivity index (χ1) is 13.7. The van der Waals surface area contributed by atoms with Crippen molar-refractivity contribution in [2.75, 3.05) is 13.2 Å². The first-order valence-corrected chi connectivity index (χ1v) is 9.98. The molecule has 2 rings (SSSR count). The number of ether oxygens (including phenoxy) is 1.